The number of unbranched alkanes of at least 4 members (excludes halogenated alkanes) is 3. The van der Waals surface area contributed by atoms with Crippen LogP contribution < -0.4 is 0 Å². The second-order valence-electron chi connectivity index (χ2n) is 12.3. The highest BCUT2D eigenvalue weighted by molar-refractivity contribution is 7.91. The number of halogens is 5. The Kier molecular flexibility index (Phi) is 12.3. The minimum absolute atomic E-state index is 0.0579. The van der Waals surface area contributed by atoms with Crippen LogP contribution in [0.15, 0.2) is 36.4 Å². The standard InChI is InChI=1S/C34H44F5NO3S/c35-26-14-16-32(33(36)24-26)31-13-5-9-25-23-28(41)15-17-29(25)30(31)12-3-1-2-4-19-40-20-6-10-27(40)11-7-21-44(42,43)22-8-18-34(37,38)39/h14-17,23-24,27,41H,1-13,18-22H2/t27-/m0/s1. The highest BCUT2D eigenvalue weighted by Crippen LogP contribution is 2.40. The summed E-state index contributed by atoms with van der Waals surface area (Å²) in [7, 11) is -3.47. The summed E-state index contributed by atoms with van der Waals surface area (Å²) in [6.45, 7) is 1.91. The molecule has 4 rings (SSSR count). The maximum absolute atomic E-state index is 14.9. The molecule has 0 amide bonds. The van der Waals surface area contributed by atoms with Crippen molar-refractivity contribution in [3.05, 3.63) is 64.7 Å². The zero-order chi connectivity index (χ0) is 31.7. The lowest BCUT2D eigenvalue weighted by Crippen LogP contribution is -2.30. The van der Waals surface area contributed by atoms with Gasteiger partial charge in [-0.25, -0.2) is 17.2 Å². The van der Waals surface area contributed by atoms with E-state index in [1.165, 1.54) is 12.1 Å². The van der Waals surface area contributed by atoms with Crippen LogP contribution in [-0.4, -0.2) is 55.2 Å². The molecule has 0 saturated carbocycles. The predicted molar refractivity (Wildman–Crippen MR) is 165 cm³/mol. The third kappa shape index (κ3) is 10.3. The Bertz CT molecular complexity index is 1390. The van der Waals surface area contributed by atoms with Gasteiger partial charge in [0.1, 0.15) is 27.2 Å². The molecule has 0 aromatic heterocycles. The fraction of sp³-hybridized carbons (Fsp3) is 0.588. The van der Waals surface area contributed by atoms with Gasteiger partial charge >= 0.3 is 6.18 Å². The molecule has 2 aromatic carbocycles. The topological polar surface area (TPSA) is 57.6 Å². The maximum atomic E-state index is 14.9. The summed E-state index contributed by atoms with van der Waals surface area (Å²) in [6.07, 6.45) is 4.49. The van der Waals surface area contributed by atoms with Gasteiger partial charge in [0.25, 0.3) is 0 Å². The van der Waals surface area contributed by atoms with Crippen molar-refractivity contribution < 1.29 is 35.5 Å². The first-order valence-corrected chi connectivity index (χ1v) is 17.7. The van der Waals surface area contributed by atoms with Gasteiger partial charge in [0.2, 0.25) is 0 Å². The highest BCUT2D eigenvalue weighted by Gasteiger charge is 2.28. The summed E-state index contributed by atoms with van der Waals surface area (Å²) in [5.41, 5.74) is 4.50. The number of allylic oxidation sites excluding steroid dienone is 2. The Labute approximate surface area is 258 Å². The summed E-state index contributed by atoms with van der Waals surface area (Å²) in [4.78, 5) is 2.42. The molecule has 1 N–H and O–H groups in total. The van der Waals surface area contributed by atoms with Crippen molar-refractivity contribution in [1.29, 1.82) is 0 Å². The van der Waals surface area contributed by atoms with Crippen LogP contribution in [0.4, 0.5) is 22.0 Å². The average Bonchev–Trinajstić information content (AvgIpc) is 3.30. The molecule has 44 heavy (non-hydrogen) atoms. The summed E-state index contributed by atoms with van der Waals surface area (Å²) in [5.74, 6) is -1.41. The molecular formula is C34H44F5NO3S. The Morgan fingerprint density at radius 2 is 1.61 bits per heavy atom. The van der Waals surface area contributed by atoms with Crippen LogP contribution in [0.25, 0.3) is 11.1 Å². The van der Waals surface area contributed by atoms with E-state index in [1.807, 2.05) is 6.07 Å². The third-order valence-corrected chi connectivity index (χ3v) is 10.8. The summed E-state index contributed by atoms with van der Waals surface area (Å²) >= 11 is 0. The van der Waals surface area contributed by atoms with E-state index in [2.05, 4.69) is 4.90 Å². The number of aromatic hydroxyl groups is 1. The number of hydrogen-bond acceptors (Lipinski definition) is 4. The second kappa shape index (κ2) is 15.7. The lowest BCUT2D eigenvalue weighted by atomic mass is 9.88. The Morgan fingerprint density at radius 1 is 0.864 bits per heavy atom. The van der Waals surface area contributed by atoms with Gasteiger partial charge in [-0.2, -0.15) is 13.2 Å². The lowest BCUT2D eigenvalue weighted by molar-refractivity contribution is -0.134. The number of rotatable bonds is 15. The van der Waals surface area contributed by atoms with Crippen molar-refractivity contribution in [2.45, 2.75) is 102 Å². The number of aryl methyl sites for hydroxylation is 1. The first kappa shape index (κ1) is 34.4. The van der Waals surface area contributed by atoms with E-state index in [4.69, 9.17) is 0 Å². The van der Waals surface area contributed by atoms with Crippen molar-refractivity contribution in [1.82, 2.24) is 4.90 Å². The second-order valence-corrected chi connectivity index (χ2v) is 14.6. The molecule has 0 unspecified atom stereocenters. The molecule has 1 aliphatic carbocycles. The van der Waals surface area contributed by atoms with Gasteiger partial charge in [0.05, 0.1) is 11.5 Å². The fourth-order valence-corrected chi connectivity index (χ4v) is 8.18. The number of benzene rings is 2. The summed E-state index contributed by atoms with van der Waals surface area (Å²) in [5, 5.41) is 10.1. The van der Waals surface area contributed by atoms with E-state index in [0.29, 0.717) is 24.4 Å². The van der Waals surface area contributed by atoms with E-state index in [1.54, 1.807) is 12.1 Å². The van der Waals surface area contributed by atoms with Gasteiger partial charge in [-0.05, 0) is 130 Å². The van der Waals surface area contributed by atoms with Crippen LogP contribution in [0.2, 0.25) is 0 Å². The van der Waals surface area contributed by atoms with E-state index in [9.17, 15) is 35.5 Å². The van der Waals surface area contributed by atoms with Gasteiger partial charge < -0.3 is 10.0 Å². The Morgan fingerprint density at radius 3 is 2.39 bits per heavy atom. The first-order valence-electron chi connectivity index (χ1n) is 15.9. The van der Waals surface area contributed by atoms with Crippen LogP contribution in [0, 0.1) is 11.6 Å². The molecule has 1 saturated heterocycles. The Balaban J connectivity index is 1.26. The van der Waals surface area contributed by atoms with Crippen molar-refractivity contribution >= 4 is 21.0 Å². The molecule has 1 aliphatic heterocycles. The maximum Gasteiger partial charge on any atom is 0.389 e. The molecule has 244 valence electrons. The zero-order valence-electron chi connectivity index (χ0n) is 25.3. The third-order valence-electron chi connectivity index (χ3n) is 8.94. The number of hydrogen-bond donors (Lipinski definition) is 1. The number of phenolic OH excluding ortho intramolecular Hbond substituents is 1. The van der Waals surface area contributed by atoms with Gasteiger partial charge in [-0.3, -0.25) is 0 Å². The van der Waals surface area contributed by atoms with Crippen LogP contribution in [-0.2, 0) is 16.3 Å². The van der Waals surface area contributed by atoms with Crippen molar-refractivity contribution in [2.75, 3.05) is 24.6 Å². The van der Waals surface area contributed by atoms with Gasteiger partial charge in [-0.1, -0.05) is 18.9 Å². The fourth-order valence-electron chi connectivity index (χ4n) is 6.79. The molecule has 2 aromatic rings. The molecular weight excluding hydrogens is 597 g/mol. The van der Waals surface area contributed by atoms with E-state index >= 15 is 0 Å². The van der Waals surface area contributed by atoms with Crippen LogP contribution in [0.3, 0.4) is 0 Å². The number of fused-ring (bicyclic) bond motifs is 1. The number of sulfone groups is 1. The van der Waals surface area contributed by atoms with Crippen LogP contribution in [0.1, 0.15) is 100 Å². The summed E-state index contributed by atoms with van der Waals surface area (Å²) < 4.78 is 89.9. The van der Waals surface area contributed by atoms with Crippen molar-refractivity contribution in [2.24, 2.45) is 0 Å². The SMILES string of the molecule is O=S(=O)(CCC[C@@H]1CCCN1CCCCCCC1=C(c2ccc(F)cc2F)CCCc2cc(O)ccc21)CCCC(F)(F)F. The highest BCUT2D eigenvalue weighted by atomic mass is 32.2. The van der Waals surface area contributed by atoms with Gasteiger partial charge in [0.15, 0.2) is 0 Å². The molecule has 0 spiro atoms. The van der Waals surface area contributed by atoms with Crippen molar-refractivity contribution in [3.63, 3.8) is 0 Å². The zero-order valence-corrected chi connectivity index (χ0v) is 26.1. The van der Waals surface area contributed by atoms with E-state index < -0.39 is 39.8 Å². The number of alkyl halides is 3. The quantitative estimate of drug-likeness (QED) is 0.156. The average molecular weight is 642 g/mol. The molecule has 10 heteroatoms. The minimum Gasteiger partial charge on any atom is -0.508 e. The minimum atomic E-state index is -4.32. The molecule has 4 nitrogen and oxygen atoms in total. The smallest absolute Gasteiger partial charge is 0.389 e. The molecule has 1 fully saturated rings. The molecule has 1 heterocycles. The predicted octanol–water partition coefficient (Wildman–Crippen LogP) is 8.87. The largest absolute Gasteiger partial charge is 0.508 e. The van der Waals surface area contributed by atoms with Gasteiger partial charge in [-0.15, -0.1) is 0 Å². The normalized spacial score (nSPS) is 18.1. The lowest BCUT2D eigenvalue weighted by Gasteiger charge is -2.24. The first-order chi connectivity index (χ1) is 20.9. The number of phenols is 1. The molecule has 2 aliphatic rings. The Hall–Kier alpha value is -2.46. The molecule has 0 radical (unpaired) electrons. The van der Waals surface area contributed by atoms with Crippen molar-refractivity contribution in [3.8, 4) is 5.75 Å². The molecule has 0 bridgehead atoms. The number of likely N-dealkylation sites (tertiary alicyclic amines) is 1. The van der Waals surface area contributed by atoms with E-state index in [-0.39, 0.29) is 17.9 Å². The van der Waals surface area contributed by atoms with Gasteiger partial charge in [0, 0.05) is 24.1 Å². The number of nitrogens with zero attached hydrogens (tertiary/aromatic N) is 1. The van der Waals surface area contributed by atoms with Crippen LogP contribution in [0.5, 0.6) is 5.75 Å². The monoisotopic (exact) mass is 641 g/mol. The summed E-state index contributed by atoms with van der Waals surface area (Å²) in [6, 6.07) is 9.45. The van der Waals surface area contributed by atoms with Crippen LogP contribution >= 0.6 is 0 Å². The van der Waals surface area contributed by atoms with E-state index in [0.717, 1.165) is 106 Å². The molecule has 1 atom stereocenters.